The number of nitrogens with one attached hydrogen (secondary N) is 2. The van der Waals surface area contributed by atoms with E-state index in [0.717, 1.165) is 18.5 Å². The van der Waals surface area contributed by atoms with E-state index >= 15 is 0 Å². The van der Waals surface area contributed by atoms with Gasteiger partial charge in [-0.1, -0.05) is 36.4 Å². The molecule has 0 heterocycles. The van der Waals surface area contributed by atoms with Crippen LogP contribution in [0.25, 0.3) is 0 Å². The van der Waals surface area contributed by atoms with E-state index in [0.29, 0.717) is 13.1 Å². The van der Waals surface area contributed by atoms with Gasteiger partial charge in [-0.3, -0.25) is 4.79 Å². The van der Waals surface area contributed by atoms with Gasteiger partial charge < -0.3 is 10.6 Å². The van der Waals surface area contributed by atoms with Crippen molar-refractivity contribution < 1.29 is 4.79 Å². The molecule has 2 aromatic carbocycles. The van der Waals surface area contributed by atoms with Crippen LogP contribution in [0, 0.1) is 13.8 Å². The molecule has 2 rings (SSSR count). The Morgan fingerprint density at radius 2 is 1.68 bits per heavy atom. The Hall–Kier alpha value is -2.29. The van der Waals surface area contributed by atoms with Crippen LogP contribution in [-0.2, 0) is 11.2 Å². The zero-order valence-corrected chi connectivity index (χ0v) is 13.4. The first-order valence-electron chi connectivity index (χ1n) is 7.76. The number of anilines is 1. The van der Waals surface area contributed by atoms with Gasteiger partial charge in [0.05, 0.1) is 6.54 Å². The predicted octanol–water partition coefficient (Wildman–Crippen LogP) is 3.46. The van der Waals surface area contributed by atoms with Crippen molar-refractivity contribution in [2.45, 2.75) is 26.7 Å². The minimum atomic E-state index is 0.0345. The fourth-order valence-electron chi connectivity index (χ4n) is 2.49. The van der Waals surface area contributed by atoms with Crippen LogP contribution >= 0.6 is 0 Å². The Kier molecular flexibility index (Phi) is 6.01. The molecular weight excluding hydrogens is 272 g/mol. The lowest BCUT2D eigenvalue weighted by Crippen LogP contribution is -2.30. The summed E-state index contributed by atoms with van der Waals surface area (Å²) < 4.78 is 0. The summed E-state index contributed by atoms with van der Waals surface area (Å²) in [4.78, 5) is 11.8. The van der Waals surface area contributed by atoms with Crippen molar-refractivity contribution in [3.05, 3.63) is 65.2 Å². The summed E-state index contributed by atoms with van der Waals surface area (Å²) in [5.74, 6) is 0.0345. The summed E-state index contributed by atoms with van der Waals surface area (Å²) in [6.07, 6.45) is 1.95. The van der Waals surface area contributed by atoms with E-state index in [1.807, 2.05) is 18.2 Å². The maximum Gasteiger partial charge on any atom is 0.239 e. The van der Waals surface area contributed by atoms with E-state index < -0.39 is 0 Å². The van der Waals surface area contributed by atoms with Gasteiger partial charge in [-0.15, -0.1) is 0 Å². The zero-order valence-electron chi connectivity index (χ0n) is 13.4. The summed E-state index contributed by atoms with van der Waals surface area (Å²) in [6.45, 7) is 5.14. The SMILES string of the molecule is Cc1cc(C)cc(NCC(=O)NCCCc2ccccc2)c1. The monoisotopic (exact) mass is 296 g/mol. The molecule has 3 nitrogen and oxygen atoms in total. The second-order valence-corrected chi connectivity index (χ2v) is 5.67. The van der Waals surface area contributed by atoms with E-state index in [4.69, 9.17) is 0 Å². The fraction of sp³-hybridized carbons (Fsp3) is 0.316. The van der Waals surface area contributed by atoms with Crippen LogP contribution in [0.2, 0.25) is 0 Å². The van der Waals surface area contributed by atoms with Gasteiger partial charge in [0.25, 0.3) is 0 Å². The Morgan fingerprint density at radius 1 is 1.00 bits per heavy atom. The van der Waals surface area contributed by atoms with Gasteiger partial charge in [0.2, 0.25) is 5.91 Å². The lowest BCUT2D eigenvalue weighted by atomic mass is 10.1. The predicted molar refractivity (Wildman–Crippen MR) is 92.2 cm³/mol. The van der Waals surface area contributed by atoms with Crippen LogP contribution in [0.15, 0.2) is 48.5 Å². The maximum atomic E-state index is 11.8. The summed E-state index contributed by atoms with van der Waals surface area (Å²) in [7, 11) is 0. The molecule has 116 valence electrons. The Bertz CT molecular complexity index is 588. The number of amides is 1. The second kappa shape index (κ2) is 8.23. The molecule has 0 radical (unpaired) electrons. The van der Waals surface area contributed by atoms with Gasteiger partial charge in [-0.2, -0.15) is 0 Å². The molecule has 0 fully saturated rings. The van der Waals surface area contributed by atoms with Crippen molar-refractivity contribution in [1.29, 1.82) is 0 Å². The fourth-order valence-corrected chi connectivity index (χ4v) is 2.49. The lowest BCUT2D eigenvalue weighted by molar-refractivity contribution is -0.119. The highest BCUT2D eigenvalue weighted by Crippen LogP contribution is 2.13. The van der Waals surface area contributed by atoms with Gasteiger partial charge in [-0.05, 0) is 55.5 Å². The van der Waals surface area contributed by atoms with Crippen molar-refractivity contribution in [2.24, 2.45) is 0 Å². The number of carbonyl (C=O) groups excluding carboxylic acids is 1. The zero-order chi connectivity index (χ0) is 15.8. The normalized spacial score (nSPS) is 10.3. The molecule has 3 heteroatoms. The van der Waals surface area contributed by atoms with E-state index in [1.54, 1.807) is 0 Å². The summed E-state index contributed by atoms with van der Waals surface area (Å²) in [5.41, 5.74) is 4.71. The second-order valence-electron chi connectivity index (χ2n) is 5.67. The molecule has 0 saturated heterocycles. The smallest absolute Gasteiger partial charge is 0.239 e. The molecule has 22 heavy (non-hydrogen) atoms. The van der Waals surface area contributed by atoms with E-state index in [-0.39, 0.29) is 5.91 Å². The number of rotatable bonds is 7. The first kappa shape index (κ1) is 16.1. The largest absolute Gasteiger partial charge is 0.376 e. The maximum absolute atomic E-state index is 11.8. The molecule has 1 amide bonds. The highest BCUT2D eigenvalue weighted by molar-refractivity contribution is 5.80. The molecule has 2 N–H and O–H groups in total. The number of aryl methyl sites for hydroxylation is 3. The van der Waals surface area contributed by atoms with Crippen molar-refractivity contribution in [1.82, 2.24) is 5.32 Å². The van der Waals surface area contributed by atoms with Gasteiger partial charge in [0.15, 0.2) is 0 Å². The molecule has 0 aliphatic carbocycles. The number of hydrogen-bond donors (Lipinski definition) is 2. The third-order valence-corrected chi connectivity index (χ3v) is 3.48. The molecule has 0 atom stereocenters. The Balaban J connectivity index is 1.65. The molecule has 2 aromatic rings. The van der Waals surface area contributed by atoms with Crippen LogP contribution in [0.1, 0.15) is 23.1 Å². The highest BCUT2D eigenvalue weighted by atomic mass is 16.1. The van der Waals surface area contributed by atoms with Gasteiger partial charge >= 0.3 is 0 Å². The van der Waals surface area contributed by atoms with E-state index in [1.165, 1.54) is 16.7 Å². The van der Waals surface area contributed by atoms with Crippen LogP contribution in [0.3, 0.4) is 0 Å². The van der Waals surface area contributed by atoms with E-state index in [2.05, 4.69) is 54.8 Å². The number of carbonyl (C=O) groups is 1. The number of benzene rings is 2. The average molecular weight is 296 g/mol. The topological polar surface area (TPSA) is 41.1 Å². The standard InChI is InChI=1S/C19H24N2O/c1-15-11-16(2)13-18(12-15)21-14-19(22)20-10-6-9-17-7-4-3-5-8-17/h3-5,7-8,11-13,21H,6,9-10,14H2,1-2H3,(H,20,22). The molecule has 0 aliphatic heterocycles. The van der Waals surface area contributed by atoms with Crippen LogP contribution < -0.4 is 10.6 Å². The van der Waals surface area contributed by atoms with Gasteiger partial charge in [0.1, 0.15) is 0 Å². The minimum Gasteiger partial charge on any atom is -0.376 e. The average Bonchev–Trinajstić information content (AvgIpc) is 2.50. The molecule has 0 aromatic heterocycles. The third kappa shape index (κ3) is 5.60. The first-order valence-corrected chi connectivity index (χ1v) is 7.76. The van der Waals surface area contributed by atoms with Crippen LogP contribution in [-0.4, -0.2) is 19.0 Å². The minimum absolute atomic E-state index is 0.0345. The van der Waals surface area contributed by atoms with E-state index in [9.17, 15) is 4.79 Å². The summed E-state index contributed by atoms with van der Waals surface area (Å²) in [6, 6.07) is 16.6. The quantitative estimate of drug-likeness (QED) is 0.768. The summed E-state index contributed by atoms with van der Waals surface area (Å²) >= 11 is 0. The van der Waals surface area contributed by atoms with Crippen molar-refractivity contribution >= 4 is 11.6 Å². The molecule has 0 unspecified atom stereocenters. The lowest BCUT2D eigenvalue weighted by Gasteiger charge is -2.09. The van der Waals surface area contributed by atoms with Crippen LogP contribution in [0.5, 0.6) is 0 Å². The molecular formula is C19H24N2O. The van der Waals surface area contributed by atoms with Crippen LogP contribution in [0.4, 0.5) is 5.69 Å². The first-order chi connectivity index (χ1) is 10.6. The highest BCUT2D eigenvalue weighted by Gasteiger charge is 2.01. The summed E-state index contributed by atoms with van der Waals surface area (Å²) in [5, 5.41) is 6.12. The number of hydrogen-bond acceptors (Lipinski definition) is 2. The van der Waals surface area contributed by atoms with Crippen molar-refractivity contribution in [3.63, 3.8) is 0 Å². The molecule has 0 spiro atoms. The van der Waals surface area contributed by atoms with Crippen molar-refractivity contribution in [2.75, 3.05) is 18.4 Å². The Labute approximate surface area is 132 Å². The van der Waals surface area contributed by atoms with Crippen molar-refractivity contribution in [3.8, 4) is 0 Å². The third-order valence-electron chi connectivity index (χ3n) is 3.48. The Morgan fingerprint density at radius 3 is 2.36 bits per heavy atom. The van der Waals surface area contributed by atoms with Gasteiger partial charge in [0, 0.05) is 12.2 Å². The molecule has 0 bridgehead atoms. The molecule has 0 aliphatic rings. The van der Waals surface area contributed by atoms with Gasteiger partial charge in [-0.25, -0.2) is 0 Å². The molecule has 0 saturated carbocycles.